The molecule has 3 rings (SSSR count). The van der Waals surface area contributed by atoms with E-state index in [1.807, 2.05) is 42.5 Å². The number of rotatable bonds is 3. The van der Waals surface area contributed by atoms with Gasteiger partial charge in [-0.15, -0.1) is 0 Å². The van der Waals surface area contributed by atoms with Gasteiger partial charge in [0.1, 0.15) is 18.1 Å². The first kappa shape index (κ1) is 14.9. The zero-order valence-electron chi connectivity index (χ0n) is 12.1. The molecule has 1 amide bonds. The lowest BCUT2D eigenvalue weighted by Gasteiger charge is -2.25. The van der Waals surface area contributed by atoms with E-state index in [9.17, 15) is 4.79 Å². The van der Waals surface area contributed by atoms with Crippen LogP contribution in [0.5, 0.6) is 11.5 Å². The van der Waals surface area contributed by atoms with Gasteiger partial charge in [0.2, 0.25) is 5.91 Å². The molecular formula is C17H16BrNO3. The van der Waals surface area contributed by atoms with Crippen molar-refractivity contribution in [1.82, 2.24) is 0 Å². The molecular weight excluding hydrogens is 346 g/mol. The average Bonchev–Trinajstić information content (AvgIpc) is 2.55. The van der Waals surface area contributed by atoms with Gasteiger partial charge < -0.3 is 14.8 Å². The van der Waals surface area contributed by atoms with Crippen molar-refractivity contribution in [3.05, 3.63) is 52.5 Å². The summed E-state index contributed by atoms with van der Waals surface area (Å²) in [7, 11) is 1.63. The monoisotopic (exact) mass is 361 g/mol. The molecule has 4 nitrogen and oxygen atoms in total. The average molecular weight is 362 g/mol. The first-order valence-corrected chi connectivity index (χ1v) is 7.81. The molecule has 0 bridgehead atoms. The summed E-state index contributed by atoms with van der Waals surface area (Å²) in [6.45, 7) is 0.391. The molecule has 1 heterocycles. The molecule has 2 aromatic carbocycles. The van der Waals surface area contributed by atoms with Gasteiger partial charge in [0, 0.05) is 10.2 Å². The number of amides is 1. The molecule has 1 N–H and O–H groups in total. The summed E-state index contributed by atoms with van der Waals surface area (Å²) in [6.07, 6.45) is 0.648. The summed E-state index contributed by atoms with van der Waals surface area (Å²) in [5.41, 5.74) is 1.78. The Morgan fingerprint density at radius 3 is 2.77 bits per heavy atom. The topological polar surface area (TPSA) is 47.6 Å². The fraction of sp³-hybridized carbons (Fsp3) is 0.235. The fourth-order valence-electron chi connectivity index (χ4n) is 2.44. The van der Waals surface area contributed by atoms with Crippen LogP contribution in [0.15, 0.2) is 46.9 Å². The molecule has 0 saturated heterocycles. The molecule has 1 atom stereocenters. The van der Waals surface area contributed by atoms with Crippen molar-refractivity contribution < 1.29 is 14.3 Å². The molecule has 5 heteroatoms. The number of carbonyl (C=O) groups excluding carboxylic acids is 1. The Labute approximate surface area is 137 Å². The van der Waals surface area contributed by atoms with Gasteiger partial charge in [0.05, 0.1) is 13.0 Å². The highest BCUT2D eigenvalue weighted by atomic mass is 79.9. The molecule has 2 aromatic rings. The number of carbonyl (C=O) groups is 1. The van der Waals surface area contributed by atoms with Gasteiger partial charge in [0.15, 0.2) is 0 Å². The smallest absolute Gasteiger partial charge is 0.231 e. The number of benzene rings is 2. The minimum absolute atomic E-state index is 0.0317. The molecule has 0 fully saturated rings. The fourth-order valence-corrected chi connectivity index (χ4v) is 2.71. The SMILES string of the molecule is COc1ccc2c(c1)C[C@H](C(=O)Nc1ccc(Br)cc1)CO2. The standard InChI is InChI=1S/C17H16BrNO3/c1-21-15-6-7-16-11(9-15)8-12(10-22-16)17(20)19-14-4-2-13(18)3-5-14/h2-7,9,12H,8,10H2,1H3,(H,19,20)/t12-/m0/s1. The molecule has 1 aliphatic heterocycles. The van der Waals surface area contributed by atoms with E-state index < -0.39 is 0 Å². The Kier molecular flexibility index (Phi) is 4.34. The van der Waals surface area contributed by atoms with E-state index in [2.05, 4.69) is 21.2 Å². The Bertz CT molecular complexity index is 685. The lowest BCUT2D eigenvalue weighted by Crippen LogP contribution is -2.32. The number of hydrogen-bond donors (Lipinski definition) is 1. The van der Waals surface area contributed by atoms with E-state index in [0.29, 0.717) is 13.0 Å². The summed E-state index contributed by atoms with van der Waals surface area (Å²) in [5.74, 6) is 1.36. The first-order chi connectivity index (χ1) is 10.7. The third kappa shape index (κ3) is 3.25. The molecule has 114 valence electrons. The number of halogens is 1. The first-order valence-electron chi connectivity index (χ1n) is 7.02. The molecule has 0 aromatic heterocycles. The van der Waals surface area contributed by atoms with E-state index in [4.69, 9.17) is 9.47 Å². The highest BCUT2D eigenvalue weighted by Crippen LogP contribution is 2.31. The van der Waals surface area contributed by atoms with Gasteiger partial charge in [-0.25, -0.2) is 0 Å². The Balaban J connectivity index is 1.70. The van der Waals surface area contributed by atoms with Crippen LogP contribution in [0.4, 0.5) is 5.69 Å². The third-order valence-electron chi connectivity index (χ3n) is 3.66. The van der Waals surface area contributed by atoms with Crippen LogP contribution in [0.2, 0.25) is 0 Å². The van der Waals surface area contributed by atoms with Gasteiger partial charge >= 0.3 is 0 Å². The number of fused-ring (bicyclic) bond motifs is 1. The van der Waals surface area contributed by atoms with Gasteiger partial charge in [-0.05, 0) is 54.4 Å². The molecule has 0 spiro atoms. The number of anilines is 1. The molecule has 0 saturated carbocycles. The van der Waals surface area contributed by atoms with Crippen LogP contribution in [-0.4, -0.2) is 19.6 Å². The van der Waals surface area contributed by atoms with Gasteiger partial charge in [-0.1, -0.05) is 15.9 Å². The van der Waals surface area contributed by atoms with Crippen LogP contribution in [0.1, 0.15) is 5.56 Å². The molecule has 0 unspecified atom stereocenters. The maximum atomic E-state index is 12.4. The van der Waals surface area contributed by atoms with Crippen LogP contribution < -0.4 is 14.8 Å². The number of ether oxygens (including phenoxy) is 2. The second kappa shape index (κ2) is 6.40. The Hall–Kier alpha value is -2.01. The van der Waals surface area contributed by atoms with E-state index in [1.165, 1.54) is 0 Å². The highest BCUT2D eigenvalue weighted by molar-refractivity contribution is 9.10. The zero-order valence-corrected chi connectivity index (χ0v) is 13.7. The van der Waals surface area contributed by atoms with Crippen molar-refractivity contribution in [1.29, 1.82) is 0 Å². The zero-order chi connectivity index (χ0) is 15.5. The minimum atomic E-state index is -0.205. The minimum Gasteiger partial charge on any atom is -0.497 e. The van der Waals surface area contributed by atoms with Crippen LogP contribution >= 0.6 is 15.9 Å². The summed E-state index contributed by atoms with van der Waals surface area (Å²) in [5, 5.41) is 2.93. The normalized spacial score (nSPS) is 16.4. The number of hydrogen-bond acceptors (Lipinski definition) is 3. The van der Waals surface area contributed by atoms with Crippen molar-refractivity contribution in [3.8, 4) is 11.5 Å². The van der Waals surface area contributed by atoms with Crippen molar-refractivity contribution in [2.45, 2.75) is 6.42 Å². The lowest BCUT2D eigenvalue weighted by atomic mass is 9.95. The maximum absolute atomic E-state index is 12.4. The van der Waals surface area contributed by atoms with Crippen LogP contribution in [0.3, 0.4) is 0 Å². The molecule has 1 aliphatic rings. The van der Waals surface area contributed by atoms with Crippen molar-refractivity contribution >= 4 is 27.5 Å². The van der Waals surface area contributed by atoms with Gasteiger partial charge in [-0.3, -0.25) is 4.79 Å². The van der Waals surface area contributed by atoms with E-state index in [1.54, 1.807) is 7.11 Å². The van der Waals surface area contributed by atoms with E-state index >= 15 is 0 Å². The van der Waals surface area contributed by atoms with E-state index in [0.717, 1.165) is 27.2 Å². The van der Waals surface area contributed by atoms with Crippen LogP contribution in [0.25, 0.3) is 0 Å². The predicted octanol–water partition coefficient (Wildman–Crippen LogP) is 3.65. The summed E-state index contributed by atoms with van der Waals surface area (Å²) in [6, 6.07) is 13.2. The summed E-state index contributed by atoms with van der Waals surface area (Å²) < 4.78 is 11.9. The second-order valence-electron chi connectivity index (χ2n) is 5.18. The van der Waals surface area contributed by atoms with Crippen molar-refractivity contribution in [3.63, 3.8) is 0 Å². The Morgan fingerprint density at radius 1 is 1.27 bits per heavy atom. The van der Waals surface area contributed by atoms with Crippen LogP contribution in [0, 0.1) is 5.92 Å². The number of nitrogens with one attached hydrogen (secondary N) is 1. The van der Waals surface area contributed by atoms with Crippen LogP contribution in [-0.2, 0) is 11.2 Å². The Morgan fingerprint density at radius 2 is 2.05 bits per heavy atom. The summed E-state index contributed by atoms with van der Waals surface area (Å²) in [4.78, 5) is 12.4. The number of methoxy groups -OCH3 is 1. The quantitative estimate of drug-likeness (QED) is 0.907. The van der Waals surface area contributed by atoms with Crippen molar-refractivity contribution in [2.75, 3.05) is 19.0 Å². The molecule has 22 heavy (non-hydrogen) atoms. The third-order valence-corrected chi connectivity index (χ3v) is 4.19. The second-order valence-corrected chi connectivity index (χ2v) is 6.10. The van der Waals surface area contributed by atoms with Gasteiger partial charge in [0.25, 0.3) is 0 Å². The largest absolute Gasteiger partial charge is 0.497 e. The lowest BCUT2D eigenvalue weighted by molar-refractivity contribution is -0.121. The van der Waals surface area contributed by atoms with E-state index in [-0.39, 0.29) is 11.8 Å². The predicted molar refractivity (Wildman–Crippen MR) is 88.5 cm³/mol. The highest BCUT2D eigenvalue weighted by Gasteiger charge is 2.26. The summed E-state index contributed by atoms with van der Waals surface area (Å²) >= 11 is 3.38. The van der Waals surface area contributed by atoms with Crippen molar-refractivity contribution in [2.24, 2.45) is 5.92 Å². The van der Waals surface area contributed by atoms with Gasteiger partial charge in [-0.2, -0.15) is 0 Å². The molecule has 0 aliphatic carbocycles. The molecule has 0 radical (unpaired) electrons. The maximum Gasteiger partial charge on any atom is 0.231 e.